The van der Waals surface area contributed by atoms with E-state index in [1.807, 2.05) is 24.3 Å². The van der Waals surface area contributed by atoms with Gasteiger partial charge in [-0.3, -0.25) is 9.59 Å². The molecule has 0 fully saturated rings. The Morgan fingerprint density at radius 1 is 1.07 bits per heavy atom. The van der Waals surface area contributed by atoms with Gasteiger partial charge in [-0.1, -0.05) is 42.5 Å². The van der Waals surface area contributed by atoms with Gasteiger partial charge in [-0.25, -0.2) is 13.1 Å². The summed E-state index contributed by atoms with van der Waals surface area (Å²) in [5, 5.41) is 11.1. The minimum absolute atomic E-state index is 0.00282. The first-order valence-electron chi connectivity index (χ1n) is 9.12. The van der Waals surface area contributed by atoms with E-state index in [0.29, 0.717) is 6.42 Å². The third-order valence-corrected chi connectivity index (χ3v) is 6.09. The minimum atomic E-state index is -3.75. The van der Waals surface area contributed by atoms with E-state index in [-0.39, 0.29) is 24.5 Å². The zero-order valence-electron chi connectivity index (χ0n) is 15.6. The summed E-state index contributed by atoms with van der Waals surface area (Å²) >= 11 is 0. The minimum Gasteiger partial charge on any atom is -0.481 e. The van der Waals surface area contributed by atoms with Crippen LogP contribution in [0.5, 0.6) is 0 Å². The number of benzene rings is 2. The number of carboxylic acid groups (broad SMARTS) is 1. The molecule has 0 radical (unpaired) electrons. The van der Waals surface area contributed by atoms with Crippen molar-refractivity contribution in [3.05, 3.63) is 65.7 Å². The van der Waals surface area contributed by atoms with Crippen LogP contribution in [0, 0.1) is 0 Å². The lowest BCUT2D eigenvalue weighted by molar-refractivity contribution is -0.137. The molecule has 29 heavy (non-hydrogen) atoms. The molecule has 0 saturated carbocycles. The van der Waals surface area contributed by atoms with Crippen LogP contribution < -0.4 is 10.0 Å². The third-order valence-electron chi connectivity index (χ3n) is 4.58. The van der Waals surface area contributed by atoms with Gasteiger partial charge in [-0.15, -0.1) is 0 Å². The molecule has 8 nitrogen and oxygen atoms in total. The van der Waals surface area contributed by atoms with Gasteiger partial charge in [-0.2, -0.15) is 0 Å². The van der Waals surface area contributed by atoms with E-state index in [1.165, 1.54) is 12.1 Å². The van der Waals surface area contributed by atoms with E-state index >= 15 is 0 Å². The number of rotatable bonds is 9. The number of hydrogen-bond acceptors (Lipinski definition) is 5. The number of fused-ring (bicyclic) bond motifs is 1. The van der Waals surface area contributed by atoms with Gasteiger partial charge in [-0.05, 0) is 29.7 Å². The fourth-order valence-electron chi connectivity index (χ4n) is 3.26. The van der Waals surface area contributed by atoms with Crippen molar-refractivity contribution < 1.29 is 27.9 Å². The van der Waals surface area contributed by atoms with Crippen molar-refractivity contribution in [3.63, 3.8) is 0 Å². The van der Waals surface area contributed by atoms with Crippen molar-refractivity contribution in [3.8, 4) is 0 Å². The van der Waals surface area contributed by atoms with Crippen molar-refractivity contribution in [1.82, 2.24) is 10.0 Å². The summed E-state index contributed by atoms with van der Waals surface area (Å²) in [5.41, 5.74) is 1.77. The van der Waals surface area contributed by atoms with Crippen molar-refractivity contribution >= 4 is 21.9 Å². The van der Waals surface area contributed by atoms with Gasteiger partial charge in [0.05, 0.1) is 17.4 Å². The number of nitrogens with one attached hydrogen (secondary N) is 2. The quantitative estimate of drug-likeness (QED) is 0.563. The van der Waals surface area contributed by atoms with E-state index in [0.717, 1.165) is 11.1 Å². The summed E-state index contributed by atoms with van der Waals surface area (Å²) < 4.78 is 33.9. The van der Waals surface area contributed by atoms with Crippen LogP contribution >= 0.6 is 0 Å². The first-order valence-corrected chi connectivity index (χ1v) is 10.6. The molecule has 1 amide bonds. The van der Waals surface area contributed by atoms with Gasteiger partial charge >= 0.3 is 5.97 Å². The molecule has 0 saturated heterocycles. The summed E-state index contributed by atoms with van der Waals surface area (Å²) in [6.07, 6.45) is -0.375. The molecule has 9 heteroatoms. The van der Waals surface area contributed by atoms with Crippen molar-refractivity contribution in [2.45, 2.75) is 29.9 Å². The molecule has 2 unspecified atom stereocenters. The second kappa shape index (κ2) is 9.17. The predicted molar refractivity (Wildman–Crippen MR) is 105 cm³/mol. The number of carboxylic acids is 1. The fourth-order valence-corrected chi connectivity index (χ4v) is 4.52. The maximum Gasteiger partial charge on any atom is 0.305 e. The molecule has 0 aliphatic heterocycles. The molecule has 3 rings (SSSR count). The number of ether oxygens (including phenoxy) is 1. The first-order chi connectivity index (χ1) is 13.9. The topological polar surface area (TPSA) is 122 Å². The molecule has 1 aliphatic rings. The zero-order chi connectivity index (χ0) is 20.9. The van der Waals surface area contributed by atoms with Gasteiger partial charge in [0.2, 0.25) is 15.9 Å². The Hall–Kier alpha value is -2.75. The van der Waals surface area contributed by atoms with Crippen molar-refractivity contribution in [2.24, 2.45) is 0 Å². The number of sulfonamides is 1. The number of hydrogen-bond donors (Lipinski definition) is 3. The Labute approximate surface area is 168 Å². The van der Waals surface area contributed by atoms with E-state index in [1.54, 1.807) is 18.2 Å². The molecule has 2 aromatic rings. The fraction of sp³-hybridized carbons (Fsp3) is 0.300. The monoisotopic (exact) mass is 418 g/mol. The summed E-state index contributed by atoms with van der Waals surface area (Å²) in [6, 6.07) is 14.9. The van der Waals surface area contributed by atoms with E-state index in [4.69, 9.17) is 9.84 Å². The lowest BCUT2D eigenvalue weighted by atomic mass is 10.1. The van der Waals surface area contributed by atoms with Crippen LogP contribution in [0.4, 0.5) is 0 Å². The predicted octanol–water partition coefficient (Wildman–Crippen LogP) is 1.24. The van der Waals surface area contributed by atoms with Crippen LogP contribution in [0.3, 0.4) is 0 Å². The molecule has 0 bridgehead atoms. The van der Waals surface area contributed by atoms with Crippen molar-refractivity contribution in [2.75, 3.05) is 13.2 Å². The average molecular weight is 418 g/mol. The summed E-state index contributed by atoms with van der Waals surface area (Å²) in [5.74, 6) is -1.47. The van der Waals surface area contributed by atoms with E-state index in [2.05, 4.69) is 10.0 Å². The first kappa shape index (κ1) is 21.0. The molecule has 1 aliphatic carbocycles. The Bertz CT molecular complexity index is 977. The van der Waals surface area contributed by atoms with Crippen LogP contribution in [0.1, 0.15) is 23.7 Å². The maximum atomic E-state index is 12.7. The van der Waals surface area contributed by atoms with Crippen molar-refractivity contribution in [1.29, 1.82) is 0 Å². The van der Waals surface area contributed by atoms with Crippen LogP contribution in [-0.4, -0.2) is 44.6 Å². The van der Waals surface area contributed by atoms with Crippen LogP contribution in [0.15, 0.2) is 59.5 Å². The second-order valence-electron chi connectivity index (χ2n) is 6.67. The second-order valence-corrected chi connectivity index (χ2v) is 8.38. The molecule has 2 aromatic carbocycles. The highest BCUT2D eigenvalue weighted by molar-refractivity contribution is 7.89. The standard InChI is InChI=1S/C20H22N2O6S/c23-18(21-11-10-19(24)25)13-28-20-16-9-5-4-6-14(16)12-17(20)22-29(26,27)15-7-2-1-3-8-15/h1-9,17,20,22H,10-13H2,(H,21,23)(H,24,25). The normalized spacial score (nSPS) is 18.2. The molecule has 0 aromatic heterocycles. The molecular formula is C20H22N2O6S. The zero-order valence-corrected chi connectivity index (χ0v) is 16.4. The average Bonchev–Trinajstić information content (AvgIpc) is 3.03. The van der Waals surface area contributed by atoms with Gasteiger partial charge in [0.1, 0.15) is 12.7 Å². The molecular weight excluding hydrogens is 396 g/mol. The van der Waals surface area contributed by atoms with Gasteiger partial charge in [0, 0.05) is 6.54 Å². The Balaban J connectivity index is 1.70. The van der Waals surface area contributed by atoms with Crippen LogP contribution in [0.25, 0.3) is 0 Å². The number of aliphatic carboxylic acids is 1. The highest BCUT2D eigenvalue weighted by Crippen LogP contribution is 2.35. The Morgan fingerprint density at radius 3 is 2.48 bits per heavy atom. The molecule has 3 N–H and O–H groups in total. The van der Waals surface area contributed by atoms with E-state index < -0.39 is 34.0 Å². The molecule has 0 spiro atoms. The summed E-state index contributed by atoms with van der Waals surface area (Å²) in [4.78, 5) is 22.6. The summed E-state index contributed by atoms with van der Waals surface area (Å²) in [7, 11) is -3.75. The molecule has 0 heterocycles. The highest BCUT2D eigenvalue weighted by atomic mass is 32.2. The number of amides is 1. The van der Waals surface area contributed by atoms with E-state index in [9.17, 15) is 18.0 Å². The number of carbonyl (C=O) groups is 2. The maximum absolute atomic E-state index is 12.7. The highest BCUT2D eigenvalue weighted by Gasteiger charge is 2.36. The third kappa shape index (κ3) is 5.41. The number of carbonyl (C=O) groups excluding carboxylic acids is 1. The molecule has 154 valence electrons. The van der Waals surface area contributed by atoms with Gasteiger partial charge in [0.25, 0.3) is 0 Å². The SMILES string of the molecule is O=C(O)CCNC(=O)COC1c2ccccc2CC1NS(=O)(=O)c1ccccc1. The van der Waals surface area contributed by atoms with Crippen LogP contribution in [0.2, 0.25) is 0 Å². The summed E-state index contributed by atoms with van der Waals surface area (Å²) in [6.45, 7) is -0.301. The lowest BCUT2D eigenvalue weighted by Crippen LogP contribution is -2.39. The Morgan fingerprint density at radius 2 is 1.76 bits per heavy atom. The lowest BCUT2D eigenvalue weighted by Gasteiger charge is -2.22. The Kier molecular flexibility index (Phi) is 6.63. The van der Waals surface area contributed by atoms with Crippen LogP contribution in [-0.2, 0) is 30.8 Å². The van der Waals surface area contributed by atoms with Gasteiger partial charge < -0.3 is 15.2 Å². The largest absolute Gasteiger partial charge is 0.481 e. The van der Waals surface area contributed by atoms with Gasteiger partial charge in [0.15, 0.2) is 0 Å². The molecule has 2 atom stereocenters. The smallest absolute Gasteiger partial charge is 0.305 e.